The largest absolute Gasteiger partial charge is 0.316 e. The Morgan fingerprint density at radius 2 is 2.19 bits per heavy atom. The zero-order chi connectivity index (χ0) is 11.4. The second-order valence-electron chi connectivity index (χ2n) is 4.75. The van der Waals surface area contributed by atoms with Gasteiger partial charge in [-0.05, 0) is 50.0 Å². The summed E-state index contributed by atoms with van der Waals surface area (Å²) in [6.07, 6.45) is 1.16. The second-order valence-corrected chi connectivity index (χ2v) is 6.00. The summed E-state index contributed by atoms with van der Waals surface area (Å²) in [7, 11) is 0. The van der Waals surface area contributed by atoms with Gasteiger partial charge in [0.25, 0.3) is 0 Å². The Morgan fingerprint density at radius 3 is 2.81 bits per heavy atom. The summed E-state index contributed by atoms with van der Waals surface area (Å²) >= 11 is 1.94. The van der Waals surface area contributed by atoms with Crippen molar-refractivity contribution in [3.63, 3.8) is 0 Å². The predicted molar refractivity (Wildman–Crippen MR) is 70.9 cm³/mol. The van der Waals surface area contributed by atoms with Crippen LogP contribution in [0.1, 0.15) is 23.6 Å². The van der Waals surface area contributed by atoms with Gasteiger partial charge in [-0.1, -0.05) is 13.8 Å². The first kappa shape index (κ1) is 12.1. The van der Waals surface area contributed by atoms with Crippen LogP contribution in [0.3, 0.4) is 0 Å². The van der Waals surface area contributed by atoms with Gasteiger partial charge in [-0.25, -0.2) is 0 Å². The van der Waals surface area contributed by atoms with E-state index in [9.17, 15) is 0 Å². The van der Waals surface area contributed by atoms with Gasteiger partial charge in [0, 0.05) is 16.3 Å². The molecule has 2 heterocycles. The minimum absolute atomic E-state index is 0.811. The molecular formula is C13H22N2S. The Hall–Kier alpha value is -0.380. The summed E-state index contributed by atoms with van der Waals surface area (Å²) in [5.41, 5.74) is 0. The molecule has 0 aliphatic carbocycles. The lowest BCUT2D eigenvalue weighted by Crippen LogP contribution is -2.26. The quantitative estimate of drug-likeness (QED) is 0.822. The van der Waals surface area contributed by atoms with Crippen LogP contribution < -0.4 is 10.6 Å². The van der Waals surface area contributed by atoms with Gasteiger partial charge < -0.3 is 10.6 Å². The van der Waals surface area contributed by atoms with E-state index in [0.717, 1.165) is 31.3 Å². The molecule has 0 bridgehead atoms. The molecule has 0 radical (unpaired) electrons. The number of thiophene rings is 1. The molecule has 2 nitrogen and oxygen atoms in total. The van der Waals surface area contributed by atoms with Gasteiger partial charge in [0.15, 0.2) is 0 Å². The van der Waals surface area contributed by atoms with Crippen LogP contribution >= 0.6 is 11.3 Å². The van der Waals surface area contributed by atoms with Crippen LogP contribution in [0, 0.1) is 11.8 Å². The Labute approximate surface area is 102 Å². The van der Waals surface area contributed by atoms with Gasteiger partial charge in [0.2, 0.25) is 0 Å². The highest BCUT2D eigenvalue weighted by Gasteiger charge is 2.22. The van der Waals surface area contributed by atoms with E-state index in [1.165, 1.54) is 22.8 Å². The Bertz CT molecular complexity index is 321. The first-order chi connectivity index (χ1) is 7.79. The van der Waals surface area contributed by atoms with Crippen LogP contribution in [0.15, 0.2) is 12.1 Å². The summed E-state index contributed by atoms with van der Waals surface area (Å²) in [5, 5.41) is 7.03. The predicted octanol–water partition coefficient (Wildman–Crippen LogP) is 2.26. The molecule has 2 N–H and O–H groups in total. The molecule has 1 aliphatic rings. The van der Waals surface area contributed by atoms with Crippen LogP contribution in [0.5, 0.6) is 0 Å². The van der Waals surface area contributed by atoms with Crippen molar-refractivity contribution in [3.8, 4) is 0 Å². The monoisotopic (exact) mass is 238 g/mol. The standard InChI is InChI=1S/C13H22N2S/c1-3-12-4-5-13(16-12)9-15-8-11-7-14-6-10(11)2/h4-5,10-11,14-15H,3,6-9H2,1-2H3/t10-,11+/m1/s1. The SMILES string of the molecule is CCc1ccc(CNC[C@@H]2CNC[C@H]2C)s1. The van der Waals surface area contributed by atoms with Crippen molar-refractivity contribution >= 4 is 11.3 Å². The first-order valence-electron chi connectivity index (χ1n) is 6.28. The third-order valence-electron chi connectivity index (χ3n) is 3.45. The van der Waals surface area contributed by atoms with E-state index in [2.05, 4.69) is 36.6 Å². The van der Waals surface area contributed by atoms with Crippen LogP contribution in [-0.4, -0.2) is 19.6 Å². The minimum atomic E-state index is 0.811. The molecule has 1 aromatic rings. The summed E-state index contributed by atoms with van der Waals surface area (Å²) < 4.78 is 0. The summed E-state index contributed by atoms with van der Waals surface area (Å²) in [5.74, 6) is 1.63. The van der Waals surface area contributed by atoms with Crippen molar-refractivity contribution in [1.82, 2.24) is 10.6 Å². The molecule has 2 rings (SSSR count). The van der Waals surface area contributed by atoms with Crippen molar-refractivity contribution in [2.45, 2.75) is 26.8 Å². The Kier molecular flexibility index (Phi) is 4.38. The van der Waals surface area contributed by atoms with E-state index in [0.29, 0.717) is 0 Å². The molecule has 1 saturated heterocycles. The molecular weight excluding hydrogens is 216 g/mol. The topological polar surface area (TPSA) is 24.1 Å². The molecule has 0 spiro atoms. The van der Waals surface area contributed by atoms with Crippen LogP contribution in [-0.2, 0) is 13.0 Å². The molecule has 0 unspecified atom stereocenters. The fourth-order valence-corrected chi connectivity index (χ4v) is 3.15. The molecule has 3 heteroatoms. The number of hydrogen-bond acceptors (Lipinski definition) is 3. The fraction of sp³-hybridized carbons (Fsp3) is 0.692. The van der Waals surface area contributed by atoms with Gasteiger partial charge in [0.05, 0.1) is 0 Å². The van der Waals surface area contributed by atoms with Crippen molar-refractivity contribution in [1.29, 1.82) is 0 Å². The molecule has 16 heavy (non-hydrogen) atoms. The van der Waals surface area contributed by atoms with Crippen LogP contribution in [0.4, 0.5) is 0 Å². The van der Waals surface area contributed by atoms with Gasteiger partial charge in [-0.3, -0.25) is 0 Å². The average Bonchev–Trinajstić information content (AvgIpc) is 2.89. The maximum Gasteiger partial charge on any atom is 0.0299 e. The number of aryl methyl sites for hydroxylation is 1. The zero-order valence-electron chi connectivity index (χ0n) is 10.3. The molecule has 1 aliphatic heterocycles. The molecule has 1 fully saturated rings. The average molecular weight is 238 g/mol. The van der Waals surface area contributed by atoms with Gasteiger partial charge in [-0.2, -0.15) is 0 Å². The van der Waals surface area contributed by atoms with Crippen molar-refractivity contribution in [2.75, 3.05) is 19.6 Å². The van der Waals surface area contributed by atoms with E-state index < -0.39 is 0 Å². The van der Waals surface area contributed by atoms with Crippen LogP contribution in [0.2, 0.25) is 0 Å². The summed E-state index contributed by atoms with van der Waals surface area (Å²) in [6, 6.07) is 4.51. The lowest BCUT2D eigenvalue weighted by atomic mass is 9.98. The maximum absolute atomic E-state index is 3.58. The van der Waals surface area contributed by atoms with Crippen molar-refractivity contribution < 1.29 is 0 Å². The van der Waals surface area contributed by atoms with Crippen LogP contribution in [0.25, 0.3) is 0 Å². The molecule has 2 atom stereocenters. The van der Waals surface area contributed by atoms with Crippen molar-refractivity contribution in [2.24, 2.45) is 11.8 Å². The lowest BCUT2D eigenvalue weighted by molar-refractivity contribution is 0.421. The Morgan fingerprint density at radius 1 is 1.38 bits per heavy atom. The molecule has 0 saturated carbocycles. The minimum Gasteiger partial charge on any atom is -0.316 e. The first-order valence-corrected chi connectivity index (χ1v) is 7.10. The van der Waals surface area contributed by atoms with Crippen molar-refractivity contribution in [3.05, 3.63) is 21.9 Å². The zero-order valence-corrected chi connectivity index (χ0v) is 11.1. The van der Waals surface area contributed by atoms with Gasteiger partial charge in [0.1, 0.15) is 0 Å². The highest BCUT2D eigenvalue weighted by molar-refractivity contribution is 7.11. The van der Waals surface area contributed by atoms with E-state index in [-0.39, 0.29) is 0 Å². The maximum atomic E-state index is 3.58. The summed E-state index contributed by atoms with van der Waals surface area (Å²) in [6.45, 7) is 9.10. The molecule has 0 amide bonds. The number of hydrogen-bond donors (Lipinski definition) is 2. The highest BCUT2D eigenvalue weighted by atomic mass is 32.1. The second kappa shape index (κ2) is 5.80. The number of rotatable bonds is 5. The van der Waals surface area contributed by atoms with Gasteiger partial charge >= 0.3 is 0 Å². The van der Waals surface area contributed by atoms with E-state index in [4.69, 9.17) is 0 Å². The van der Waals surface area contributed by atoms with E-state index in [1.807, 2.05) is 11.3 Å². The lowest BCUT2D eigenvalue weighted by Gasteiger charge is -2.14. The number of nitrogens with one attached hydrogen (secondary N) is 2. The third kappa shape index (κ3) is 3.06. The summed E-state index contributed by atoms with van der Waals surface area (Å²) in [4.78, 5) is 2.96. The smallest absolute Gasteiger partial charge is 0.0299 e. The van der Waals surface area contributed by atoms with E-state index >= 15 is 0 Å². The third-order valence-corrected chi connectivity index (χ3v) is 4.68. The molecule has 1 aromatic heterocycles. The highest BCUT2D eigenvalue weighted by Crippen LogP contribution is 2.18. The molecule has 90 valence electrons. The Balaban J connectivity index is 1.71. The normalized spacial score (nSPS) is 25.1. The molecule has 0 aromatic carbocycles. The van der Waals surface area contributed by atoms with E-state index in [1.54, 1.807) is 0 Å². The fourth-order valence-electron chi connectivity index (χ4n) is 2.23. The van der Waals surface area contributed by atoms with Gasteiger partial charge in [-0.15, -0.1) is 11.3 Å².